The minimum atomic E-state index is -0.916. The molecule has 1 aliphatic heterocycles. The molecule has 0 bridgehead atoms. The SMILES string of the molecule is CN1CCC(C(CC(=O)O)C(=O)c2ccc(Cl)cc2)CC1. The van der Waals surface area contributed by atoms with E-state index in [1.54, 1.807) is 24.3 Å². The Morgan fingerprint density at radius 2 is 1.86 bits per heavy atom. The summed E-state index contributed by atoms with van der Waals surface area (Å²) in [4.78, 5) is 26.0. The van der Waals surface area contributed by atoms with E-state index in [0.717, 1.165) is 25.9 Å². The normalized spacial score (nSPS) is 18.4. The van der Waals surface area contributed by atoms with Crippen molar-refractivity contribution in [3.05, 3.63) is 34.9 Å². The van der Waals surface area contributed by atoms with Gasteiger partial charge in [0.2, 0.25) is 0 Å². The molecule has 2 rings (SSSR count). The number of rotatable bonds is 5. The zero-order valence-corrected chi connectivity index (χ0v) is 12.8. The zero-order chi connectivity index (χ0) is 15.4. The summed E-state index contributed by atoms with van der Waals surface area (Å²) in [6.07, 6.45) is 1.64. The zero-order valence-electron chi connectivity index (χ0n) is 12.1. The second-order valence-electron chi connectivity index (χ2n) is 5.72. The molecule has 1 aromatic rings. The van der Waals surface area contributed by atoms with Gasteiger partial charge in [0.1, 0.15) is 0 Å². The largest absolute Gasteiger partial charge is 0.481 e. The lowest BCUT2D eigenvalue weighted by molar-refractivity contribution is -0.138. The van der Waals surface area contributed by atoms with Crippen molar-refractivity contribution in [2.45, 2.75) is 19.3 Å². The number of halogens is 1. The Balaban J connectivity index is 2.16. The Labute approximate surface area is 129 Å². The van der Waals surface area contributed by atoms with Gasteiger partial charge in [-0.2, -0.15) is 0 Å². The van der Waals surface area contributed by atoms with Crippen molar-refractivity contribution < 1.29 is 14.7 Å². The first-order valence-corrected chi connectivity index (χ1v) is 7.55. The highest BCUT2D eigenvalue weighted by Crippen LogP contribution is 2.30. The molecule has 21 heavy (non-hydrogen) atoms. The molecule has 1 heterocycles. The van der Waals surface area contributed by atoms with Crippen molar-refractivity contribution in [3.63, 3.8) is 0 Å². The molecule has 0 saturated carbocycles. The average molecular weight is 310 g/mol. The fourth-order valence-electron chi connectivity index (χ4n) is 2.92. The number of hydrogen-bond acceptors (Lipinski definition) is 3. The third-order valence-corrected chi connectivity index (χ3v) is 4.44. The summed E-state index contributed by atoms with van der Waals surface area (Å²) < 4.78 is 0. The summed E-state index contributed by atoms with van der Waals surface area (Å²) >= 11 is 5.83. The standard InChI is InChI=1S/C16H20ClNO3/c1-18-8-6-11(7-9-18)14(10-15(19)20)16(21)12-2-4-13(17)5-3-12/h2-5,11,14H,6-10H2,1H3,(H,19,20). The molecule has 114 valence electrons. The van der Waals surface area contributed by atoms with E-state index in [4.69, 9.17) is 16.7 Å². The first-order valence-electron chi connectivity index (χ1n) is 7.17. The predicted octanol–water partition coefficient (Wildman–Crippen LogP) is 2.96. The Hall–Kier alpha value is -1.39. The van der Waals surface area contributed by atoms with Crippen LogP contribution in [0.3, 0.4) is 0 Å². The minimum absolute atomic E-state index is 0.0800. The summed E-state index contributed by atoms with van der Waals surface area (Å²) in [6, 6.07) is 6.69. The highest BCUT2D eigenvalue weighted by molar-refractivity contribution is 6.30. The van der Waals surface area contributed by atoms with Gasteiger partial charge in [0.05, 0.1) is 6.42 Å². The summed E-state index contributed by atoms with van der Waals surface area (Å²) in [5.74, 6) is -1.30. The van der Waals surface area contributed by atoms with E-state index in [1.165, 1.54) is 0 Å². The molecule has 1 aliphatic rings. The van der Waals surface area contributed by atoms with E-state index in [-0.39, 0.29) is 18.1 Å². The van der Waals surface area contributed by atoms with E-state index in [2.05, 4.69) is 4.90 Å². The van der Waals surface area contributed by atoms with Gasteiger partial charge in [-0.1, -0.05) is 11.6 Å². The lowest BCUT2D eigenvalue weighted by Gasteiger charge is -2.33. The Bertz CT molecular complexity index is 507. The fraction of sp³-hybridized carbons (Fsp3) is 0.500. The lowest BCUT2D eigenvalue weighted by Crippen LogP contribution is -2.36. The Kier molecular flexibility index (Phi) is 5.37. The predicted molar refractivity (Wildman–Crippen MR) is 81.7 cm³/mol. The number of carboxylic acid groups (broad SMARTS) is 1. The smallest absolute Gasteiger partial charge is 0.304 e. The van der Waals surface area contributed by atoms with Crippen LogP contribution in [0.1, 0.15) is 29.6 Å². The van der Waals surface area contributed by atoms with Gasteiger partial charge in [-0.05, 0) is 63.2 Å². The van der Waals surface area contributed by atoms with Crippen LogP contribution in [0.2, 0.25) is 5.02 Å². The van der Waals surface area contributed by atoms with Crippen LogP contribution in [0.15, 0.2) is 24.3 Å². The van der Waals surface area contributed by atoms with E-state index < -0.39 is 11.9 Å². The molecular weight excluding hydrogens is 290 g/mol. The number of likely N-dealkylation sites (tertiary alicyclic amines) is 1. The number of hydrogen-bond donors (Lipinski definition) is 1. The molecule has 1 saturated heterocycles. The van der Waals surface area contributed by atoms with Crippen molar-refractivity contribution >= 4 is 23.4 Å². The van der Waals surface area contributed by atoms with Crippen molar-refractivity contribution in [2.75, 3.05) is 20.1 Å². The third-order valence-electron chi connectivity index (χ3n) is 4.19. The van der Waals surface area contributed by atoms with Crippen molar-refractivity contribution in [1.82, 2.24) is 4.90 Å². The number of nitrogens with zero attached hydrogens (tertiary/aromatic N) is 1. The van der Waals surface area contributed by atoms with Crippen LogP contribution in [-0.4, -0.2) is 41.9 Å². The molecule has 1 fully saturated rings. The number of aliphatic carboxylic acids is 1. The van der Waals surface area contributed by atoms with Gasteiger partial charge >= 0.3 is 5.97 Å². The van der Waals surface area contributed by atoms with E-state index >= 15 is 0 Å². The van der Waals surface area contributed by atoms with Crippen molar-refractivity contribution in [1.29, 1.82) is 0 Å². The number of ketones is 1. The van der Waals surface area contributed by atoms with Gasteiger partial charge < -0.3 is 10.0 Å². The highest BCUT2D eigenvalue weighted by atomic mass is 35.5. The van der Waals surface area contributed by atoms with Gasteiger partial charge in [-0.15, -0.1) is 0 Å². The second-order valence-corrected chi connectivity index (χ2v) is 6.15. The van der Waals surface area contributed by atoms with Crippen LogP contribution < -0.4 is 0 Å². The number of carbonyl (C=O) groups excluding carboxylic acids is 1. The first-order chi connectivity index (χ1) is 9.97. The van der Waals surface area contributed by atoms with Crippen molar-refractivity contribution in [2.24, 2.45) is 11.8 Å². The van der Waals surface area contributed by atoms with Gasteiger partial charge in [-0.3, -0.25) is 9.59 Å². The first kappa shape index (κ1) is 16.0. The minimum Gasteiger partial charge on any atom is -0.481 e. The van der Waals surface area contributed by atoms with Crippen LogP contribution in [0.5, 0.6) is 0 Å². The molecule has 4 nitrogen and oxygen atoms in total. The molecule has 0 radical (unpaired) electrons. The fourth-order valence-corrected chi connectivity index (χ4v) is 3.05. The quantitative estimate of drug-likeness (QED) is 0.850. The Morgan fingerprint density at radius 3 is 2.38 bits per heavy atom. The van der Waals surface area contributed by atoms with Crippen LogP contribution in [0.25, 0.3) is 0 Å². The second kappa shape index (κ2) is 7.05. The molecule has 0 spiro atoms. The molecule has 1 atom stereocenters. The maximum absolute atomic E-state index is 12.7. The molecule has 1 aromatic carbocycles. The van der Waals surface area contributed by atoms with Gasteiger partial charge in [0, 0.05) is 16.5 Å². The topological polar surface area (TPSA) is 57.6 Å². The number of carbonyl (C=O) groups is 2. The number of piperidine rings is 1. The van der Waals surface area contributed by atoms with Gasteiger partial charge in [-0.25, -0.2) is 0 Å². The average Bonchev–Trinajstić information content (AvgIpc) is 2.46. The van der Waals surface area contributed by atoms with E-state index in [1.807, 2.05) is 7.05 Å². The highest BCUT2D eigenvalue weighted by Gasteiger charge is 2.32. The van der Waals surface area contributed by atoms with Crippen LogP contribution in [-0.2, 0) is 4.79 Å². The maximum Gasteiger partial charge on any atom is 0.304 e. The molecule has 0 aliphatic carbocycles. The lowest BCUT2D eigenvalue weighted by atomic mass is 9.78. The maximum atomic E-state index is 12.7. The molecule has 0 aromatic heterocycles. The molecule has 1 N–H and O–H groups in total. The summed E-state index contributed by atoms with van der Waals surface area (Å²) in [5.41, 5.74) is 0.546. The van der Waals surface area contributed by atoms with E-state index in [0.29, 0.717) is 10.6 Å². The van der Waals surface area contributed by atoms with Gasteiger partial charge in [0.25, 0.3) is 0 Å². The molecule has 0 amide bonds. The summed E-state index contributed by atoms with van der Waals surface area (Å²) in [5, 5.41) is 9.69. The summed E-state index contributed by atoms with van der Waals surface area (Å²) in [6.45, 7) is 1.82. The Morgan fingerprint density at radius 1 is 1.29 bits per heavy atom. The molecular formula is C16H20ClNO3. The number of carboxylic acids is 1. The van der Waals surface area contributed by atoms with Crippen LogP contribution in [0, 0.1) is 11.8 Å². The molecule has 1 unspecified atom stereocenters. The monoisotopic (exact) mass is 309 g/mol. The summed E-state index contributed by atoms with van der Waals surface area (Å²) in [7, 11) is 2.05. The number of Topliss-reactive ketones (excluding diaryl/α,β-unsaturated/α-hetero) is 1. The number of benzene rings is 1. The van der Waals surface area contributed by atoms with Crippen LogP contribution in [0.4, 0.5) is 0 Å². The van der Waals surface area contributed by atoms with Gasteiger partial charge in [0.15, 0.2) is 5.78 Å². The third kappa shape index (κ3) is 4.29. The molecule has 5 heteroatoms. The van der Waals surface area contributed by atoms with Crippen LogP contribution >= 0.6 is 11.6 Å². The van der Waals surface area contributed by atoms with Crippen molar-refractivity contribution in [3.8, 4) is 0 Å². The van der Waals surface area contributed by atoms with E-state index in [9.17, 15) is 9.59 Å².